The zero-order valence-electron chi connectivity index (χ0n) is 24.9. The van der Waals surface area contributed by atoms with Gasteiger partial charge >= 0.3 is 0 Å². The standard InChI is InChI=1S/C43H27N3/c44-28-36-16-9-15-30-20-23-35(25-39(30)36)40-26-37(24-34-14-7-8-17-38(34)40)29-18-21-32(22-19-29)42-27-41(31-10-3-1-4-11-31)45-43(46-42)33-12-5-2-6-13-33/h1-27H. The molecule has 0 saturated heterocycles. The van der Waals surface area contributed by atoms with Gasteiger partial charge in [0, 0.05) is 22.1 Å². The van der Waals surface area contributed by atoms with Crippen molar-refractivity contribution in [3.05, 3.63) is 169 Å². The second kappa shape index (κ2) is 11.6. The van der Waals surface area contributed by atoms with Crippen molar-refractivity contribution in [2.45, 2.75) is 0 Å². The maximum atomic E-state index is 9.75. The van der Waals surface area contributed by atoms with Crippen molar-refractivity contribution < 1.29 is 0 Å². The Kier molecular flexibility index (Phi) is 6.87. The summed E-state index contributed by atoms with van der Waals surface area (Å²) in [4.78, 5) is 9.93. The highest BCUT2D eigenvalue weighted by molar-refractivity contribution is 6.02. The molecule has 3 heteroatoms. The monoisotopic (exact) mass is 585 g/mol. The average molecular weight is 586 g/mol. The van der Waals surface area contributed by atoms with Crippen LogP contribution in [0.15, 0.2) is 164 Å². The van der Waals surface area contributed by atoms with E-state index >= 15 is 0 Å². The average Bonchev–Trinajstić information content (AvgIpc) is 3.14. The van der Waals surface area contributed by atoms with Crippen LogP contribution in [0, 0.1) is 11.3 Å². The van der Waals surface area contributed by atoms with E-state index in [1.165, 1.54) is 10.8 Å². The number of hydrogen-bond acceptors (Lipinski definition) is 3. The SMILES string of the molecule is N#Cc1cccc2ccc(-c3cc(-c4ccc(-c5cc(-c6ccccc6)nc(-c6ccccc6)n5)cc4)cc4ccccc34)cc12. The summed E-state index contributed by atoms with van der Waals surface area (Å²) in [5, 5.41) is 14.1. The minimum Gasteiger partial charge on any atom is -0.228 e. The van der Waals surface area contributed by atoms with Gasteiger partial charge < -0.3 is 0 Å². The molecule has 8 aromatic rings. The van der Waals surface area contributed by atoms with E-state index < -0.39 is 0 Å². The summed E-state index contributed by atoms with van der Waals surface area (Å²) in [5.41, 5.74) is 10.0. The minimum atomic E-state index is 0.686. The predicted octanol–water partition coefficient (Wildman–Crippen LogP) is 11.0. The first kappa shape index (κ1) is 27.2. The van der Waals surface area contributed by atoms with Gasteiger partial charge in [-0.1, -0.05) is 133 Å². The highest BCUT2D eigenvalue weighted by Gasteiger charge is 2.13. The lowest BCUT2D eigenvalue weighted by Gasteiger charge is -2.13. The first-order valence-corrected chi connectivity index (χ1v) is 15.3. The molecule has 3 nitrogen and oxygen atoms in total. The fraction of sp³-hybridized carbons (Fsp3) is 0. The fourth-order valence-electron chi connectivity index (χ4n) is 6.16. The Morgan fingerprint density at radius 1 is 0.391 bits per heavy atom. The maximum absolute atomic E-state index is 9.75. The molecule has 0 unspecified atom stereocenters. The van der Waals surface area contributed by atoms with Crippen LogP contribution in [-0.4, -0.2) is 9.97 Å². The summed E-state index contributed by atoms with van der Waals surface area (Å²) >= 11 is 0. The number of benzene rings is 7. The molecule has 0 spiro atoms. The number of fused-ring (bicyclic) bond motifs is 2. The molecule has 0 saturated carbocycles. The predicted molar refractivity (Wildman–Crippen MR) is 189 cm³/mol. The van der Waals surface area contributed by atoms with Crippen LogP contribution in [-0.2, 0) is 0 Å². The highest BCUT2D eigenvalue weighted by atomic mass is 14.9. The summed E-state index contributed by atoms with van der Waals surface area (Å²) in [7, 11) is 0. The van der Waals surface area contributed by atoms with E-state index in [1.54, 1.807) is 0 Å². The topological polar surface area (TPSA) is 49.6 Å². The molecule has 0 fully saturated rings. The van der Waals surface area contributed by atoms with Crippen LogP contribution in [0.4, 0.5) is 0 Å². The van der Waals surface area contributed by atoms with Gasteiger partial charge in [-0.05, 0) is 68.7 Å². The molecular weight excluding hydrogens is 558 g/mol. The second-order valence-electron chi connectivity index (χ2n) is 11.4. The molecule has 0 atom stereocenters. The normalized spacial score (nSPS) is 11.0. The van der Waals surface area contributed by atoms with E-state index in [0.29, 0.717) is 11.4 Å². The first-order chi connectivity index (χ1) is 22.7. The second-order valence-corrected chi connectivity index (χ2v) is 11.4. The minimum absolute atomic E-state index is 0.686. The Hall–Kier alpha value is -6.37. The van der Waals surface area contributed by atoms with Crippen LogP contribution in [0.2, 0.25) is 0 Å². The third-order valence-electron chi connectivity index (χ3n) is 8.52. The van der Waals surface area contributed by atoms with Crippen molar-refractivity contribution >= 4 is 21.5 Å². The van der Waals surface area contributed by atoms with Crippen LogP contribution in [0.1, 0.15) is 5.56 Å². The van der Waals surface area contributed by atoms with E-state index in [9.17, 15) is 5.26 Å². The van der Waals surface area contributed by atoms with Crippen molar-refractivity contribution in [2.75, 3.05) is 0 Å². The van der Waals surface area contributed by atoms with Crippen molar-refractivity contribution in [1.29, 1.82) is 5.26 Å². The lowest BCUT2D eigenvalue weighted by atomic mass is 9.91. The van der Waals surface area contributed by atoms with Crippen molar-refractivity contribution in [1.82, 2.24) is 9.97 Å². The molecule has 0 aliphatic carbocycles. The van der Waals surface area contributed by atoms with Gasteiger partial charge in [0.2, 0.25) is 0 Å². The van der Waals surface area contributed by atoms with Gasteiger partial charge in [-0.25, -0.2) is 9.97 Å². The van der Waals surface area contributed by atoms with Gasteiger partial charge in [0.15, 0.2) is 5.82 Å². The van der Waals surface area contributed by atoms with E-state index in [4.69, 9.17) is 9.97 Å². The molecule has 0 aliphatic heterocycles. The Balaban J connectivity index is 1.22. The number of rotatable bonds is 5. The van der Waals surface area contributed by atoms with Crippen LogP contribution in [0.25, 0.3) is 77.7 Å². The van der Waals surface area contributed by atoms with Gasteiger partial charge in [-0.3, -0.25) is 0 Å². The summed E-state index contributed by atoms with van der Waals surface area (Å²) in [6.45, 7) is 0. The van der Waals surface area contributed by atoms with Gasteiger partial charge in [-0.2, -0.15) is 5.26 Å². The Morgan fingerprint density at radius 2 is 1.00 bits per heavy atom. The Bertz CT molecular complexity index is 2350. The summed E-state index contributed by atoms with van der Waals surface area (Å²) in [6, 6.07) is 58.7. The van der Waals surface area contributed by atoms with Crippen molar-refractivity contribution in [3.8, 4) is 62.2 Å². The van der Waals surface area contributed by atoms with Gasteiger partial charge in [-0.15, -0.1) is 0 Å². The fourth-order valence-corrected chi connectivity index (χ4v) is 6.16. The third-order valence-corrected chi connectivity index (χ3v) is 8.52. The van der Waals surface area contributed by atoms with Crippen LogP contribution in [0.5, 0.6) is 0 Å². The van der Waals surface area contributed by atoms with Crippen LogP contribution in [0.3, 0.4) is 0 Å². The van der Waals surface area contributed by atoms with E-state index in [1.807, 2.05) is 60.7 Å². The quantitative estimate of drug-likeness (QED) is 0.202. The zero-order valence-corrected chi connectivity index (χ0v) is 24.9. The largest absolute Gasteiger partial charge is 0.228 e. The summed E-state index contributed by atoms with van der Waals surface area (Å²) < 4.78 is 0. The van der Waals surface area contributed by atoms with E-state index in [-0.39, 0.29) is 0 Å². The lowest BCUT2D eigenvalue weighted by molar-refractivity contribution is 1.18. The third kappa shape index (κ3) is 5.09. The molecule has 0 radical (unpaired) electrons. The summed E-state index contributed by atoms with van der Waals surface area (Å²) in [6.07, 6.45) is 0. The van der Waals surface area contributed by atoms with E-state index in [2.05, 4.69) is 109 Å². The molecule has 0 amide bonds. The summed E-state index contributed by atoms with van der Waals surface area (Å²) in [5.74, 6) is 0.704. The molecule has 0 aliphatic rings. The Labute approximate surface area is 267 Å². The molecule has 46 heavy (non-hydrogen) atoms. The van der Waals surface area contributed by atoms with E-state index in [0.717, 1.165) is 61.1 Å². The van der Waals surface area contributed by atoms with Gasteiger partial charge in [0.05, 0.1) is 23.0 Å². The highest BCUT2D eigenvalue weighted by Crippen LogP contribution is 2.37. The number of nitriles is 1. The van der Waals surface area contributed by atoms with Gasteiger partial charge in [0.25, 0.3) is 0 Å². The first-order valence-electron chi connectivity index (χ1n) is 15.3. The molecule has 7 aromatic carbocycles. The molecule has 1 heterocycles. The van der Waals surface area contributed by atoms with Gasteiger partial charge in [0.1, 0.15) is 0 Å². The Morgan fingerprint density at radius 3 is 1.74 bits per heavy atom. The number of nitrogens with zero attached hydrogens (tertiary/aromatic N) is 3. The zero-order chi connectivity index (χ0) is 30.9. The number of hydrogen-bond donors (Lipinski definition) is 0. The van der Waals surface area contributed by atoms with Crippen molar-refractivity contribution in [3.63, 3.8) is 0 Å². The molecule has 0 bridgehead atoms. The van der Waals surface area contributed by atoms with Crippen molar-refractivity contribution in [2.24, 2.45) is 0 Å². The van der Waals surface area contributed by atoms with Crippen LogP contribution >= 0.6 is 0 Å². The lowest BCUT2D eigenvalue weighted by Crippen LogP contribution is -1.95. The molecule has 0 N–H and O–H groups in total. The molecule has 1 aromatic heterocycles. The smallest absolute Gasteiger partial charge is 0.160 e. The van der Waals surface area contributed by atoms with Crippen LogP contribution < -0.4 is 0 Å². The maximum Gasteiger partial charge on any atom is 0.160 e. The molecule has 8 rings (SSSR count). The molecular formula is C43H27N3. The molecule has 214 valence electrons. The number of aromatic nitrogens is 2.